The maximum absolute atomic E-state index is 11.5. The summed E-state index contributed by atoms with van der Waals surface area (Å²) in [7, 11) is 0. The summed E-state index contributed by atoms with van der Waals surface area (Å²) >= 11 is 1.52. The predicted molar refractivity (Wildman–Crippen MR) is 84.0 cm³/mol. The molecule has 0 saturated carbocycles. The third kappa shape index (κ3) is 3.33. The van der Waals surface area contributed by atoms with Gasteiger partial charge < -0.3 is 11.5 Å². The highest BCUT2D eigenvalue weighted by Gasteiger charge is 2.10. The van der Waals surface area contributed by atoms with Gasteiger partial charge >= 0.3 is 0 Å². The van der Waals surface area contributed by atoms with Gasteiger partial charge in [0.2, 0.25) is 5.91 Å². The Morgan fingerprint density at radius 1 is 1.10 bits per heavy atom. The summed E-state index contributed by atoms with van der Waals surface area (Å²) in [5.74, 6) is 0.0466. The predicted octanol–water partition coefficient (Wildman–Crippen LogP) is 3.64. The fourth-order valence-electron chi connectivity index (χ4n) is 1.88. The quantitative estimate of drug-likeness (QED) is 0.843. The molecule has 0 atom stereocenters. The Morgan fingerprint density at radius 2 is 1.75 bits per heavy atom. The molecule has 0 aliphatic heterocycles. The first-order valence-corrected chi connectivity index (χ1v) is 7.26. The maximum atomic E-state index is 11.5. The van der Waals surface area contributed by atoms with Crippen LogP contribution in [-0.2, 0) is 0 Å². The summed E-state index contributed by atoms with van der Waals surface area (Å²) < 4.78 is 0. The number of nitrogens with two attached hydrogens (primary N) is 2. The van der Waals surface area contributed by atoms with E-state index in [1.165, 1.54) is 17.3 Å². The number of carbonyl (C=O) groups is 1. The van der Waals surface area contributed by atoms with Crippen molar-refractivity contribution in [2.45, 2.75) is 29.6 Å². The van der Waals surface area contributed by atoms with Gasteiger partial charge in [-0.3, -0.25) is 4.79 Å². The minimum atomic E-state index is -0.460. The number of nitrogen functional groups attached to an aromatic ring is 1. The maximum Gasteiger partial charge on any atom is 0.249 e. The Labute approximate surface area is 123 Å². The van der Waals surface area contributed by atoms with E-state index < -0.39 is 5.91 Å². The molecule has 0 spiro atoms. The molecule has 0 radical (unpaired) electrons. The molecule has 3 nitrogen and oxygen atoms in total. The van der Waals surface area contributed by atoms with Crippen LogP contribution in [0.1, 0.15) is 35.7 Å². The van der Waals surface area contributed by atoms with Crippen molar-refractivity contribution >= 4 is 23.4 Å². The molecule has 2 aromatic carbocycles. The normalized spacial score (nSPS) is 10.8. The number of anilines is 1. The van der Waals surface area contributed by atoms with Gasteiger partial charge in [0.1, 0.15) is 0 Å². The lowest BCUT2D eigenvalue weighted by atomic mass is 10.0. The molecule has 0 aliphatic carbocycles. The van der Waals surface area contributed by atoms with E-state index in [9.17, 15) is 4.79 Å². The number of rotatable bonds is 4. The van der Waals surface area contributed by atoms with Crippen LogP contribution in [0.15, 0.2) is 52.3 Å². The van der Waals surface area contributed by atoms with Crippen molar-refractivity contribution in [1.29, 1.82) is 0 Å². The van der Waals surface area contributed by atoms with Crippen LogP contribution in [0.3, 0.4) is 0 Å². The highest BCUT2D eigenvalue weighted by atomic mass is 32.2. The van der Waals surface area contributed by atoms with Crippen molar-refractivity contribution in [1.82, 2.24) is 0 Å². The molecule has 1 amide bonds. The van der Waals surface area contributed by atoms with E-state index in [0.717, 1.165) is 9.79 Å². The molecule has 4 N–H and O–H groups in total. The summed E-state index contributed by atoms with van der Waals surface area (Å²) in [6, 6.07) is 13.5. The van der Waals surface area contributed by atoms with Gasteiger partial charge in [-0.15, -0.1) is 0 Å². The second-order valence-corrected chi connectivity index (χ2v) is 6.06. The van der Waals surface area contributed by atoms with Crippen molar-refractivity contribution in [2.75, 3.05) is 5.73 Å². The van der Waals surface area contributed by atoms with E-state index in [1.807, 2.05) is 6.07 Å². The third-order valence-electron chi connectivity index (χ3n) is 3.04. The summed E-state index contributed by atoms with van der Waals surface area (Å²) in [4.78, 5) is 13.4. The molecule has 0 saturated heterocycles. The first-order chi connectivity index (χ1) is 9.47. The number of amides is 1. The van der Waals surface area contributed by atoms with Gasteiger partial charge in [-0.25, -0.2) is 0 Å². The summed E-state index contributed by atoms with van der Waals surface area (Å²) in [6.45, 7) is 4.32. The molecule has 0 aliphatic rings. The van der Waals surface area contributed by atoms with Gasteiger partial charge in [0.05, 0.1) is 5.56 Å². The Bertz CT molecular complexity index is 621. The minimum Gasteiger partial charge on any atom is -0.399 e. The average Bonchev–Trinajstić information content (AvgIpc) is 2.41. The largest absolute Gasteiger partial charge is 0.399 e. The van der Waals surface area contributed by atoms with E-state index in [4.69, 9.17) is 11.5 Å². The lowest BCUT2D eigenvalue weighted by Crippen LogP contribution is -2.12. The average molecular weight is 286 g/mol. The van der Waals surface area contributed by atoms with Crippen LogP contribution in [0, 0.1) is 0 Å². The molecule has 0 unspecified atom stereocenters. The highest BCUT2D eigenvalue weighted by Crippen LogP contribution is 2.32. The lowest BCUT2D eigenvalue weighted by molar-refractivity contribution is 0.0997. The molecular formula is C16H18N2OS. The lowest BCUT2D eigenvalue weighted by Gasteiger charge is -2.09. The monoisotopic (exact) mass is 286 g/mol. The number of primary amides is 1. The van der Waals surface area contributed by atoms with Crippen LogP contribution in [-0.4, -0.2) is 5.91 Å². The van der Waals surface area contributed by atoms with Gasteiger partial charge in [0, 0.05) is 15.5 Å². The Kier molecular flexibility index (Phi) is 4.35. The van der Waals surface area contributed by atoms with Gasteiger partial charge in [0.25, 0.3) is 0 Å². The second kappa shape index (κ2) is 6.01. The molecular weight excluding hydrogens is 268 g/mol. The molecule has 2 rings (SSSR count). The van der Waals surface area contributed by atoms with Crippen LogP contribution in [0.25, 0.3) is 0 Å². The van der Waals surface area contributed by atoms with E-state index in [2.05, 4.69) is 38.1 Å². The van der Waals surface area contributed by atoms with E-state index in [-0.39, 0.29) is 0 Å². The number of hydrogen-bond donors (Lipinski definition) is 2. The van der Waals surface area contributed by atoms with Crippen molar-refractivity contribution in [3.8, 4) is 0 Å². The van der Waals surface area contributed by atoms with Crippen molar-refractivity contribution in [2.24, 2.45) is 5.73 Å². The summed E-state index contributed by atoms with van der Waals surface area (Å²) in [5.41, 5.74) is 13.4. The molecule has 2 aromatic rings. The molecule has 0 aromatic heterocycles. The molecule has 0 fully saturated rings. The zero-order valence-electron chi connectivity index (χ0n) is 11.6. The van der Waals surface area contributed by atoms with Crippen LogP contribution in [0.2, 0.25) is 0 Å². The van der Waals surface area contributed by atoms with Gasteiger partial charge in [-0.2, -0.15) is 0 Å². The van der Waals surface area contributed by atoms with Gasteiger partial charge in [-0.05, 0) is 41.8 Å². The SMILES string of the molecule is CC(C)c1ccc(Sc2ccc(N)cc2C(N)=O)cc1. The Hall–Kier alpha value is -1.94. The number of carbonyl (C=O) groups excluding carboxylic acids is 1. The molecule has 0 bridgehead atoms. The third-order valence-corrected chi connectivity index (χ3v) is 4.13. The first-order valence-electron chi connectivity index (χ1n) is 6.44. The highest BCUT2D eigenvalue weighted by molar-refractivity contribution is 7.99. The van der Waals surface area contributed by atoms with Crippen molar-refractivity contribution < 1.29 is 4.79 Å². The smallest absolute Gasteiger partial charge is 0.249 e. The first kappa shape index (κ1) is 14.5. The van der Waals surface area contributed by atoms with E-state index >= 15 is 0 Å². The van der Waals surface area contributed by atoms with Crippen LogP contribution >= 0.6 is 11.8 Å². The minimum absolute atomic E-state index is 0.460. The summed E-state index contributed by atoms with van der Waals surface area (Å²) in [6.07, 6.45) is 0. The molecule has 0 heterocycles. The summed E-state index contributed by atoms with van der Waals surface area (Å²) in [5, 5.41) is 0. The number of hydrogen-bond acceptors (Lipinski definition) is 3. The van der Waals surface area contributed by atoms with Gasteiger partial charge in [-0.1, -0.05) is 37.7 Å². The molecule has 4 heteroatoms. The molecule has 104 valence electrons. The zero-order chi connectivity index (χ0) is 14.7. The van der Waals surface area contributed by atoms with E-state index in [0.29, 0.717) is 17.2 Å². The van der Waals surface area contributed by atoms with Crippen LogP contribution in [0.5, 0.6) is 0 Å². The van der Waals surface area contributed by atoms with Crippen LogP contribution < -0.4 is 11.5 Å². The van der Waals surface area contributed by atoms with Crippen molar-refractivity contribution in [3.05, 3.63) is 53.6 Å². The Balaban J connectivity index is 2.28. The van der Waals surface area contributed by atoms with E-state index in [1.54, 1.807) is 12.1 Å². The van der Waals surface area contributed by atoms with Crippen LogP contribution in [0.4, 0.5) is 5.69 Å². The zero-order valence-corrected chi connectivity index (χ0v) is 12.4. The Morgan fingerprint density at radius 3 is 2.30 bits per heavy atom. The van der Waals surface area contributed by atoms with Gasteiger partial charge in [0.15, 0.2) is 0 Å². The second-order valence-electron chi connectivity index (χ2n) is 4.95. The standard InChI is InChI=1S/C16H18N2OS/c1-10(2)11-3-6-13(7-4-11)20-15-8-5-12(17)9-14(15)16(18)19/h3-10H,17H2,1-2H3,(H2,18,19). The topological polar surface area (TPSA) is 69.1 Å². The fourth-order valence-corrected chi connectivity index (χ4v) is 2.81. The van der Waals surface area contributed by atoms with Crippen molar-refractivity contribution in [3.63, 3.8) is 0 Å². The molecule has 20 heavy (non-hydrogen) atoms. The fraction of sp³-hybridized carbons (Fsp3) is 0.188. The number of benzene rings is 2.